The molecule has 1 aliphatic rings. The summed E-state index contributed by atoms with van der Waals surface area (Å²) < 4.78 is 0. The Hall–Kier alpha value is 0.0900. The minimum atomic E-state index is 0.755. The molecular weight excluding hydrogens is 104 g/mol. The first-order valence-electron chi connectivity index (χ1n) is 2.72. The Morgan fingerprint density at radius 1 is 1.43 bits per heavy atom. The fourth-order valence-corrected chi connectivity index (χ4v) is 2.14. The number of hydrogen-bond acceptors (Lipinski definition) is 0. The van der Waals surface area contributed by atoms with Crippen molar-refractivity contribution in [3.63, 3.8) is 0 Å². The van der Waals surface area contributed by atoms with Crippen LogP contribution in [0, 0.1) is 0 Å². The maximum atomic E-state index is 2.30. The molecule has 0 fully saturated rings. The summed E-state index contributed by atoms with van der Waals surface area (Å²) in [5.74, 6) is 4.10. The van der Waals surface area contributed by atoms with E-state index in [1.165, 1.54) is 17.3 Å². The van der Waals surface area contributed by atoms with E-state index in [-0.39, 0.29) is 0 Å². The molecule has 40 valence electrons. The summed E-state index contributed by atoms with van der Waals surface area (Å²) >= 11 is 0. The Bertz CT molecular complexity index is 68.2. The summed E-state index contributed by atoms with van der Waals surface area (Å²) in [4.78, 5) is 0. The zero-order chi connectivity index (χ0) is 5.11. The molecule has 1 heterocycles. The summed E-state index contributed by atoms with van der Waals surface area (Å²) in [6.07, 6.45) is 4.60. The van der Waals surface area contributed by atoms with Crippen molar-refractivity contribution in [2.45, 2.75) is 6.92 Å². The maximum Gasteiger partial charge on any atom is 0.126 e. The predicted octanol–water partition coefficient (Wildman–Crippen LogP) is 1.19. The van der Waals surface area contributed by atoms with Gasteiger partial charge in [-0.25, -0.2) is 0 Å². The van der Waals surface area contributed by atoms with Crippen LogP contribution in [0.1, 0.15) is 6.92 Å². The summed E-state index contributed by atoms with van der Waals surface area (Å²) in [5, 5.41) is 0. The molecule has 0 saturated carbocycles. The molecule has 0 bridgehead atoms. The molecule has 0 N–H and O–H groups in total. The first kappa shape index (κ1) is 5.23. The van der Waals surface area contributed by atoms with Gasteiger partial charge in [-0.05, 0) is 30.0 Å². The van der Waals surface area contributed by atoms with E-state index in [1.807, 2.05) is 0 Å². The van der Waals surface area contributed by atoms with Crippen LogP contribution in [-0.2, 0) is 10.9 Å². The maximum absolute atomic E-state index is 2.30. The minimum Gasteiger partial charge on any atom is -0.0350 e. The molecule has 0 unspecified atom stereocenters. The van der Waals surface area contributed by atoms with Crippen LogP contribution in [0.5, 0.6) is 0 Å². The SMILES string of the molecule is CC[S+]1CC=CC1. The third-order valence-electron chi connectivity index (χ3n) is 1.24. The third kappa shape index (κ3) is 1.23. The predicted molar refractivity (Wildman–Crippen MR) is 36.8 cm³/mol. The van der Waals surface area contributed by atoms with Gasteiger partial charge < -0.3 is 0 Å². The van der Waals surface area contributed by atoms with E-state index in [2.05, 4.69) is 19.1 Å². The molecule has 0 amide bonds. The highest BCUT2D eigenvalue weighted by atomic mass is 32.2. The second-order valence-electron chi connectivity index (χ2n) is 1.71. The van der Waals surface area contributed by atoms with Gasteiger partial charge in [0, 0.05) is 0 Å². The van der Waals surface area contributed by atoms with Crippen molar-refractivity contribution in [1.82, 2.24) is 0 Å². The van der Waals surface area contributed by atoms with Gasteiger partial charge in [-0.15, -0.1) is 0 Å². The molecule has 0 aliphatic carbocycles. The standard InChI is InChI=1S/C6H11S/c1-2-7-5-3-4-6-7/h3-4H,2,5-6H2,1H3/q+1. The van der Waals surface area contributed by atoms with Gasteiger partial charge in [-0.1, -0.05) is 0 Å². The van der Waals surface area contributed by atoms with Gasteiger partial charge in [-0.3, -0.25) is 0 Å². The second-order valence-corrected chi connectivity index (χ2v) is 4.17. The van der Waals surface area contributed by atoms with Crippen molar-refractivity contribution >= 4 is 10.9 Å². The molecule has 0 nitrogen and oxygen atoms in total. The van der Waals surface area contributed by atoms with Gasteiger partial charge in [0.15, 0.2) is 0 Å². The lowest BCUT2D eigenvalue weighted by Gasteiger charge is -1.90. The van der Waals surface area contributed by atoms with Gasteiger partial charge >= 0.3 is 0 Å². The molecule has 0 aromatic carbocycles. The van der Waals surface area contributed by atoms with Crippen LogP contribution < -0.4 is 0 Å². The molecule has 1 aliphatic heterocycles. The van der Waals surface area contributed by atoms with Crippen LogP contribution in [0.3, 0.4) is 0 Å². The van der Waals surface area contributed by atoms with Crippen LogP contribution in [0.2, 0.25) is 0 Å². The average Bonchev–Trinajstić information content (AvgIpc) is 2.14. The van der Waals surface area contributed by atoms with Crippen LogP contribution >= 0.6 is 0 Å². The normalized spacial score (nSPS) is 21.3. The van der Waals surface area contributed by atoms with E-state index >= 15 is 0 Å². The third-order valence-corrected chi connectivity index (χ3v) is 3.38. The highest BCUT2D eigenvalue weighted by Crippen LogP contribution is 2.04. The van der Waals surface area contributed by atoms with Crippen molar-refractivity contribution in [3.05, 3.63) is 12.2 Å². The first-order valence-corrected chi connectivity index (χ1v) is 4.46. The molecule has 0 radical (unpaired) electrons. The molecule has 0 saturated heterocycles. The molecule has 0 atom stereocenters. The van der Waals surface area contributed by atoms with Gasteiger partial charge in [0.25, 0.3) is 0 Å². The van der Waals surface area contributed by atoms with Crippen LogP contribution in [0.15, 0.2) is 12.2 Å². The lowest BCUT2D eigenvalue weighted by atomic mass is 10.6. The topological polar surface area (TPSA) is 0 Å². The quantitative estimate of drug-likeness (QED) is 0.356. The van der Waals surface area contributed by atoms with Gasteiger partial charge in [0.05, 0.1) is 0 Å². The van der Waals surface area contributed by atoms with Crippen molar-refractivity contribution in [2.24, 2.45) is 0 Å². The van der Waals surface area contributed by atoms with E-state index in [0.29, 0.717) is 0 Å². The highest BCUT2D eigenvalue weighted by molar-refractivity contribution is 7.97. The molecule has 7 heavy (non-hydrogen) atoms. The Labute approximate surface area is 48.0 Å². The van der Waals surface area contributed by atoms with Crippen molar-refractivity contribution in [1.29, 1.82) is 0 Å². The van der Waals surface area contributed by atoms with E-state index in [4.69, 9.17) is 0 Å². The highest BCUT2D eigenvalue weighted by Gasteiger charge is 2.14. The smallest absolute Gasteiger partial charge is 0.0350 e. The Balaban J connectivity index is 2.22. The summed E-state index contributed by atoms with van der Waals surface area (Å²) in [6, 6.07) is 0. The lowest BCUT2D eigenvalue weighted by Crippen LogP contribution is -2.05. The monoisotopic (exact) mass is 115 g/mol. The molecule has 0 aromatic heterocycles. The fraction of sp³-hybridized carbons (Fsp3) is 0.667. The van der Waals surface area contributed by atoms with Gasteiger partial charge in [0.2, 0.25) is 0 Å². The summed E-state index contributed by atoms with van der Waals surface area (Å²) in [6.45, 7) is 2.27. The molecule has 0 spiro atoms. The Kier molecular flexibility index (Phi) is 1.80. The number of hydrogen-bond donors (Lipinski definition) is 0. The van der Waals surface area contributed by atoms with Crippen molar-refractivity contribution in [3.8, 4) is 0 Å². The largest absolute Gasteiger partial charge is 0.126 e. The van der Waals surface area contributed by atoms with E-state index < -0.39 is 0 Å². The van der Waals surface area contributed by atoms with Crippen LogP contribution in [0.25, 0.3) is 0 Å². The number of rotatable bonds is 1. The Morgan fingerprint density at radius 2 is 2.00 bits per heavy atom. The van der Waals surface area contributed by atoms with Gasteiger partial charge in [0.1, 0.15) is 17.3 Å². The van der Waals surface area contributed by atoms with Crippen LogP contribution in [0.4, 0.5) is 0 Å². The average molecular weight is 115 g/mol. The minimum absolute atomic E-state index is 0.755. The van der Waals surface area contributed by atoms with Crippen molar-refractivity contribution in [2.75, 3.05) is 17.3 Å². The molecular formula is C6H11S+. The molecule has 1 rings (SSSR count). The molecule has 1 heteroatoms. The van der Waals surface area contributed by atoms with E-state index in [0.717, 1.165) is 10.9 Å². The van der Waals surface area contributed by atoms with Gasteiger partial charge in [-0.2, -0.15) is 0 Å². The summed E-state index contributed by atoms with van der Waals surface area (Å²) in [7, 11) is 0.755. The zero-order valence-electron chi connectivity index (χ0n) is 4.68. The Morgan fingerprint density at radius 3 is 2.29 bits per heavy atom. The lowest BCUT2D eigenvalue weighted by molar-refractivity contribution is 1.49. The second kappa shape index (κ2) is 2.41. The molecule has 0 aromatic rings. The van der Waals surface area contributed by atoms with Crippen LogP contribution in [-0.4, -0.2) is 17.3 Å². The first-order chi connectivity index (χ1) is 3.43. The van der Waals surface area contributed by atoms with E-state index in [9.17, 15) is 0 Å². The van der Waals surface area contributed by atoms with E-state index in [1.54, 1.807) is 0 Å². The summed E-state index contributed by atoms with van der Waals surface area (Å²) in [5.41, 5.74) is 0. The van der Waals surface area contributed by atoms with Crippen molar-refractivity contribution < 1.29 is 0 Å². The fourth-order valence-electron chi connectivity index (χ4n) is 0.712. The zero-order valence-corrected chi connectivity index (χ0v) is 5.50.